The van der Waals surface area contributed by atoms with E-state index < -0.39 is 0 Å². The fourth-order valence-electron chi connectivity index (χ4n) is 1.74. The molecule has 1 aliphatic rings. The molecule has 1 rings (SSSR count). The van der Waals surface area contributed by atoms with Gasteiger partial charge in [0, 0.05) is 32.8 Å². The standard InChI is InChI=1S/C12H23N3O4/c1-9(2)14-12(17)13-6-10-7-15(4-5-18-3)11(16)8-19-10/h9-10H,4-8H2,1-3H3,(H2,13,14,17). The third kappa shape index (κ3) is 5.89. The number of carbonyl (C=O) groups excluding carboxylic acids is 2. The first kappa shape index (κ1) is 15.7. The van der Waals surface area contributed by atoms with Crippen LogP contribution in [-0.4, -0.2) is 68.9 Å². The molecule has 1 atom stereocenters. The molecule has 7 heteroatoms. The molecule has 0 aromatic heterocycles. The Balaban J connectivity index is 2.30. The Kier molecular flexibility index (Phi) is 6.58. The molecular formula is C12H23N3O4. The highest BCUT2D eigenvalue weighted by Gasteiger charge is 2.26. The molecule has 0 saturated carbocycles. The fourth-order valence-corrected chi connectivity index (χ4v) is 1.74. The van der Waals surface area contributed by atoms with Gasteiger partial charge in [0.25, 0.3) is 0 Å². The van der Waals surface area contributed by atoms with Crippen LogP contribution in [0.5, 0.6) is 0 Å². The van der Waals surface area contributed by atoms with Gasteiger partial charge >= 0.3 is 6.03 Å². The summed E-state index contributed by atoms with van der Waals surface area (Å²) in [7, 11) is 1.60. The molecule has 1 unspecified atom stereocenters. The molecule has 1 aliphatic heterocycles. The van der Waals surface area contributed by atoms with Crippen LogP contribution in [0.15, 0.2) is 0 Å². The van der Waals surface area contributed by atoms with E-state index >= 15 is 0 Å². The first-order valence-corrected chi connectivity index (χ1v) is 6.45. The van der Waals surface area contributed by atoms with Gasteiger partial charge in [-0.1, -0.05) is 0 Å². The van der Waals surface area contributed by atoms with Crippen molar-refractivity contribution < 1.29 is 19.1 Å². The number of carbonyl (C=O) groups is 2. The fraction of sp³-hybridized carbons (Fsp3) is 0.833. The Hall–Kier alpha value is -1.34. The molecule has 0 aromatic rings. The van der Waals surface area contributed by atoms with E-state index in [4.69, 9.17) is 9.47 Å². The minimum Gasteiger partial charge on any atom is -0.383 e. The highest BCUT2D eigenvalue weighted by molar-refractivity contribution is 5.78. The van der Waals surface area contributed by atoms with E-state index in [2.05, 4.69) is 10.6 Å². The number of hydrogen-bond donors (Lipinski definition) is 2. The molecule has 0 bridgehead atoms. The van der Waals surface area contributed by atoms with E-state index in [1.807, 2.05) is 13.8 Å². The van der Waals surface area contributed by atoms with Gasteiger partial charge in [0.05, 0.1) is 12.7 Å². The summed E-state index contributed by atoms with van der Waals surface area (Å²) in [4.78, 5) is 24.7. The van der Waals surface area contributed by atoms with Gasteiger partial charge in [-0.05, 0) is 13.8 Å². The maximum Gasteiger partial charge on any atom is 0.315 e. The zero-order chi connectivity index (χ0) is 14.3. The Morgan fingerprint density at radius 2 is 2.32 bits per heavy atom. The van der Waals surface area contributed by atoms with Crippen molar-refractivity contribution in [3.63, 3.8) is 0 Å². The average molecular weight is 273 g/mol. The van der Waals surface area contributed by atoms with Crippen molar-refractivity contribution in [2.24, 2.45) is 0 Å². The summed E-state index contributed by atoms with van der Waals surface area (Å²) in [5, 5.41) is 5.46. The highest BCUT2D eigenvalue weighted by Crippen LogP contribution is 2.05. The minimum absolute atomic E-state index is 0.0417. The van der Waals surface area contributed by atoms with Crippen LogP contribution in [0, 0.1) is 0 Å². The first-order valence-electron chi connectivity index (χ1n) is 6.45. The molecule has 1 heterocycles. The van der Waals surface area contributed by atoms with Gasteiger partial charge in [-0.2, -0.15) is 0 Å². The predicted octanol–water partition coefficient (Wildman–Crippen LogP) is -0.432. The van der Waals surface area contributed by atoms with Crippen LogP contribution in [0.1, 0.15) is 13.8 Å². The van der Waals surface area contributed by atoms with E-state index in [9.17, 15) is 9.59 Å². The maximum atomic E-state index is 11.6. The average Bonchev–Trinajstić information content (AvgIpc) is 2.35. The van der Waals surface area contributed by atoms with Crippen LogP contribution in [0.3, 0.4) is 0 Å². The number of ether oxygens (including phenoxy) is 2. The Morgan fingerprint density at radius 1 is 1.58 bits per heavy atom. The summed E-state index contributed by atoms with van der Waals surface area (Å²) in [6.07, 6.45) is -0.174. The lowest BCUT2D eigenvalue weighted by molar-refractivity contribution is -0.149. The van der Waals surface area contributed by atoms with Gasteiger partial charge in [-0.3, -0.25) is 4.79 Å². The van der Waals surface area contributed by atoms with Crippen LogP contribution in [0.2, 0.25) is 0 Å². The lowest BCUT2D eigenvalue weighted by Crippen LogP contribution is -2.52. The largest absolute Gasteiger partial charge is 0.383 e. The van der Waals surface area contributed by atoms with Crippen molar-refractivity contribution in [1.82, 2.24) is 15.5 Å². The van der Waals surface area contributed by atoms with E-state index in [1.54, 1.807) is 12.0 Å². The number of morpholine rings is 1. The van der Waals surface area contributed by atoms with E-state index in [1.165, 1.54) is 0 Å². The third-order valence-corrected chi connectivity index (χ3v) is 2.69. The SMILES string of the molecule is COCCN1CC(CNC(=O)NC(C)C)OCC1=O. The molecule has 1 fully saturated rings. The van der Waals surface area contributed by atoms with Crippen molar-refractivity contribution in [2.45, 2.75) is 26.0 Å². The van der Waals surface area contributed by atoms with Crippen molar-refractivity contribution in [3.8, 4) is 0 Å². The molecule has 7 nitrogen and oxygen atoms in total. The summed E-state index contributed by atoms with van der Waals surface area (Å²) in [6, 6.07) is -0.133. The van der Waals surface area contributed by atoms with Crippen LogP contribution >= 0.6 is 0 Å². The molecular weight excluding hydrogens is 250 g/mol. The number of nitrogens with zero attached hydrogens (tertiary/aromatic N) is 1. The molecule has 0 aliphatic carbocycles. The second-order valence-corrected chi connectivity index (χ2v) is 4.77. The molecule has 0 radical (unpaired) electrons. The lowest BCUT2D eigenvalue weighted by Gasteiger charge is -2.32. The number of hydrogen-bond acceptors (Lipinski definition) is 4. The van der Waals surface area contributed by atoms with E-state index in [0.29, 0.717) is 26.2 Å². The van der Waals surface area contributed by atoms with Crippen LogP contribution in [0.25, 0.3) is 0 Å². The number of amides is 3. The van der Waals surface area contributed by atoms with Gasteiger partial charge in [0.1, 0.15) is 6.61 Å². The molecule has 19 heavy (non-hydrogen) atoms. The lowest BCUT2D eigenvalue weighted by atomic mass is 10.2. The summed E-state index contributed by atoms with van der Waals surface area (Å²) in [6.45, 7) is 5.75. The van der Waals surface area contributed by atoms with Gasteiger partial charge in [0.2, 0.25) is 5.91 Å². The van der Waals surface area contributed by atoms with Gasteiger partial charge < -0.3 is 25.0 Å². The zero-order valence-corrected chi connectivity index (χ0v) is 11.8. The molecule has 110 valence electrons. The second kappa shape index (κ2) is 7.96. The number of rotatable bonds is 6. The molecule has 0 spiro atoms. The quantitative estimate of drug-likeness (QED) is 0.688. The van der Waals surface area contributed by atoms with Crippen LogP contribution in [-0.2, 0) is 14.3 Å². The maximum absolute atomic E-state index is 11.6. The second-order valence-electron chi connectivity index (χ2n) is 4.77. The Morgan fingerprint density at radius 3 is 2.95 bits per heavy atom. The summed E-state index contributed by atoms with van der Waals surface area (Å²) in [5.41, 5.74) is 0. The Bertz CT molecular complexity index is 309. The summed E-state index contributed by atoms with van der Waals surface area (Å²) in [5.74, 6) is -0.0417. The number of urea groups is 1. The predicted molar refractivity (Wildman–Crippen MR) is 69.9 cm³/mol. The smallest absolute Gasteiger partial charge is 0.315 e. The summed E-state index contributed by atoms with van der Waals surface area (Å²) < 4.78 is 10.3. The topological polar surface area (TPSA) is 79.9 Å². The van der Waals surface area contributed by atoms with Crippen molar-refractivity contribution in [1.29, 1.82) is 0 Å². The third-order valence-electron chi connectivity index (χ3n) is 2.69. The van der Waals surface area contributed by atoms with Crippen molar-refractivity contribution >= 4 is 11.9 Å². The van der Waals surface area contributed by atoms with Gasteiger partial charge in [-0.15, -0.1) is 0 Å². The van der Waals surface area contributed by atoms with Crippen molar-refractivity contribution in [3.05, 3.63) is 0 Å². The van der Waals surface area contributed by atoms with E-state index in [0.717, 1.165) is 0 Å². The summed E-state index contributed by atoms with van der Waals surface area (Å²) >= 11 is 0. The highest BCUT2D eigenvalue weighted by atomic mass is 16.5. The normalized spacial score (nSPS) is 19.7. The number of methoxy groups -OCH3 is 1. The van der Waals surface area contributed by atoms with Gasteiger partial charge in [0.15, 0.2) is 0 Å². The molecule has 2 N–H and O–H groups in total. The van der Waals surface area contributed by atoms with Crippen LogP contribution < -0.4 is 10.6 Å². The first-order chi connectivity index (χ1) is 9.02. The Labute approximate surface area is 113 Å². The van der Waals surface area contributed by atoms with Crippen LogP contribution in [0.4, 0.5) is 4.79 Å². The number of nitrogens with one attached hydrogen (secondary N) is 2. The molecule has 0 aromatic carbocycles. The molecule has 1 saturated heterocycles. The minimum atomic E-state index is -0.223. The molecule has 3 amide bonds. The van der Waals surface area contributed by atoms with Gasteiger partial charge in [-0.25, -0.2) is 4.79 Å². The monoisotopic (exact) mass is 273 g/mol. The zero-order valence-electron chi connectivity index (χ0n) is 11.8. The van der Waals surface area contributed by atoms with Crippen molar-refractivity contribution in [2.75, 3.05) is 40.0 Å². The van der Waals surface area contributed by atoms with E-state index in [-0.39, 0.29) is 30.7 Å².